The molecular formula is C16H17N3O3S. The Labute approximate surface area is 136 Å². The van der Waals surface area contributed by atoms with Gasteiger partial charge in [0, 0.05) is 27.6 Å². The summed E-state index contributed by atoms with van der Waals surface area (Å²) in [7, 11) is 0. The number of aromatic amines is 2. The van der Waals surface area contributed by atoms with Gasteiger partial charge in [0.25, 0.3) is 5.56 Å². The lowest BCUT2D eigenvalue weighted by molar-refractivity contribution is -0.104. The van der Waals surface area contributed by atoms with Gasteiger partial charge in [-0.05, 0) is 12.0 Å². The van der Waals surface area contributed by atoms with E-state index in [1.54, 1.807) is 12.4 Å². The smallest absolute Gasteiger partial charge is 0.266 e. The van der Waals surface area contributed by atoms with Crippen LogP contribution in [0.25, 0.3) is 20.5 Å². The molecule has 1 aliphatic rings. The van der Waals surface area contributed by atoms with E-state index in [0.717, 1.165) is 21.4 Å². The molecule has 3 aromatic rings. The molecule has 0 saturated carbocycles. The van der Waals surface area contributed by atoms with Gasteiger partial charge in [0.2, 0.25) is 0 Å². The van der Waals surface area contributed by atoms with Gasteiger partial charge in [-0.3, -0.25) is 9.89 Å². The zero-order valence-electron chi connectivity index (χ0n) is 12.8. The van der Waals surface area contributed by atoms with Crippen molar-refractivity contribution in [3.8, 4) is 10.4 Å². The first-order chi connectivity index (χ1) is 11.0. The molecule has 6 nitrogen and oxygen atoms in total. The Balaban J connectivity index is 2.01. The van der Waals surface area contributed by atoms with E-state index in [9.17, 15) is 9.90 Å². The summed E-state index contributed by atoms with van der Waals surface area (Å²) >= 11 is 1.42. The molecule has 0 aliphatic carbocycles. The average Bonchev–Trinajstić information content (AvgIpc) is 3.17. The highest BCUT2D eigenvalue weighted by molar-refractivity contribution is 7.22. The van der Waals surface area contributed by atoms with Crippen LogP contribution in [0.5, 0.6) is 0 Å². The van der Waals surface area contributed by atoms with Crippen LogP contribution in [0.2, 0.25) is 0 Å². The van der Waals surface area contributed by atoms with Crippen molar-refractivity contribution in [2.24, 2.45) is 5.92 Å². The van der Waals surface area contributed by atoms with Crippen molar-refractivity contribution in [2.75, 3.05) is 6.61 Å². The fraction of sp³-hybridized carbons (Fsp3) is 0.375. The van der Waals surface area contributed by atoms with Crippen LogP contribution >= 0.6 is 11.3 Å². The van der Waals surface area contributed by atoms with Crippen molar-refractivity contribution in [2.45, 2.75) is 26.1 Å². The maximum atomic E-state index is 12.5. The average molecular weight is 331 g/mol. The van der Waals surface area contributed by atoms with Crippen molar-refractivity contribution in [1.82, 2.24) is 15.2 Å². The van der Waals surface area contributed by atoms with E-state index in [-0.39, 0.29) is 18.1 Å². The molecule has 23 heavy (non-hydrogen) atoms. The predicted molar refractivity (Wildman–Crippen MR) is 88.4 cm³/mol. The number of aromatic nitrogens is 3. The maximum Gasteiger partial charge on any atom is 0.266 e. The molecule has 0 spiro atoms. The van der Waals surface area contributed by atoms with Crippen molar-refractivity contribution in [1.29, 1.82) is 0 Å². The van der Waals surface area contributed by atoms with E-state index in [0.29, 0.717) is 17.0 Å². The Kier molecular flexibility index (Phi) is 3.19. The van der Waals surface area contributed by atoms with E-state index in [1.165, 1.54) is 11.3 Å². The zero-order valence-corrected chi connectivity index (χ0v) is 13.7. The highest BCUT2D eigenvalue weighted by Crippen LogP contribution is 2.40. The highest BCUT2D eigenvalue weighted by Gasteiger charge is 2.40. The van der Waals surface area contributed by atoms with Gasteiger partial charge in [0.05, 0.1) is 25.1 Å². The van der Waals surface area contributed by atoms with Crippen LogP contribution < -0.4 is 5.56 Å². The van der Waals surface area contributed by atoms with Crippen molar-refractivity contribution >= 4 is 21.4 Å². The molecule has 3 N–H and O–H groups in total. The molecule has 1 aliphatic heterocycles. The number of rotatable bonds is 2. The van der Waals surface area contributed by atoms with Gasteiger partial charge in [-0.2, -0.15) is 5.10 Å². The molecule has 0 radical (unpaired) electrons. The van der Waals surface area contributed by atoms with Crippen LogP contribution in [0.3, 0.4) is 0 Å². The first-order valence-electron chi connectivity index (χ1n) is 7.49. The lowest BCUT2D eigenvalue weighted by Crippen LogP contribution is -2.43. The summed E-state index contributed by atoms with van der Waals surface area (Å²) in [5.41, 5.74) is 1.06. The third-order valence-electron chi connectivity index (χ3n) is 4.54. The summed E-state index contributed by atoms with van der Waals surface area (Å²) in [4.78, 5) is 16.4. The van der Waals surface area contributed by atoms with Crippen molar-refractivity contribution in [3.05, 3.63) is 40.1 Å². The van der Waals surface area contributed by atoms with Gasteiger partial charge in [0.15, 0.2) is 0 Å². The van der Waals surface area contributed by atoms with Crippen LogP contribution in [0, 0.1) is 5.92 Å². The minimum Gasteiger partial charge on any atom is -0.381 e. The Morgan fingerprint density at radius 2 is 2.30 bits per heavy atom. The zero-order chi connectivity index (χ0) is 16.2. The summed E-state index contributed by atoms with van der Waals surface area (Å²) in [6.45, 7) is 4.42. The topological polar surface area (TPSA) is 91.0 Å². The lowest BCUT2D eigenvalue weighted by atomic mass is 9.83. The van der Waals surface area contributed by atoms with Gasteiger partial charge in [-0.15, -0.1) is 11.3 Å². The van der Waals surface area contributed by atoms with Crippen LogP contribution in [0.1, 0.15) is 25.1 Å². The third kappa shape index (κ3) is 2.08. The molecule has 0 amide bonds. The van der Waals surface area contributed by atoms with Gasteiger partial charge in [-0.25, -0.2) is 0 Å². The number of H-pyrrole nitrogens is 2. The van der Waals surface area contributed by atoms with Gasteiger partial charge in [0.1, 0.15) is 10.3 Å². The van der Waals surface area contributed by atoms with Crippen LogP contribution in [-0.2, 0) is 16.9 Å². The second-order valence-electron chi connectivity index (χ2n) is 6.22. The molecule has 4 rings (SSSR count). The van der Waals surface area contributed by atoms with E-state index >= 15 is 0 Å². The number of hydrogen-bond acceptors (Lipinski definition) is 5. The Morgan fingerprint density at radius 3 is 3.00 bits per heavy atom. The van der Waals surface area contributed by atoms with Crippen molar-refractivity contribution < 1.29 is 9.84 Å². The quantitative estimate of drug-likeness (QED) is 0.672. The molecule has 1 atom stereocenters. The highest BCUT2D eigenvalue weighted by atomic mass is 32.1. The summed E-state index contributed by atoms with van der Waals surface area (Å²) in [6.07, 6.45) is 3.53. The van der Waals surface area contributed by atoms with Gasteiger partial charge >= 0.3 is 0 Å². The Hall–Kier alpha value is -1.96. The minimum atomic E-state index is -1.17. The summed E-state index contributed by atoms with van der Waals surface area (Å²) < 4.78 is 6.28. The number of aliphatic hydroxyl groups is 1. The van der Waals surface area contributed by atoms with E-state index < -0.39 is 5.60 Å². The first-order valence-corrected chi connectivity index (χ1v) is 8.31. The Morgan fingerprint density at radius 1 is 1.48 bits per heavy atom. The molecule has 3 aromatic heterocycles. The molecule has 0 bridgehead atoms. The second kappa shape index (κ2) is 5.02. The molecule has 0 saturated heterocycles. The maximum absolute atomic E-state index is 12.5. The van der Waals surface area contributed by atoms with E-state index in [2.05, 4.69) is 15.2 Å². The van der Waals surface area contributed by atoms with Crippen LogP contribution in [-0.4, -0.2) is 26.9 Å². The number of nitrogens with one attached hydrogen (secondary N) is 2. The first kappa shape index (κ1) is 14.6. The lowest BCUT2D eigenvalue weighted by Gasteiger charge is -2.37. The number of thiophene rings is 1. The van der Waals surface area contributed by atoms with E-state index in [4.69, 9.17) is 4.74 Å². The predicted octanol–water partition coefficient (Wildman–Crippen LogP) is 2.35. The van der Waals surface area contributed by atoms with Crippen LogP contribution in [0.4, 0.5) is 0 Å². The second-order valence-corrected chi connectivity index (χ2v) is 7.27. The molecule has 0 unspecified atom stereocenters. The number of fused-ring (bicyclic) bond motifs is 3. The van der Waals surface area contributed by atoms with Crippen molar-refractivity contribution in [3.63, 3.8) is 0 Å². The van der Waals surface area contributed by atoms with Gasteiger partial charge < -0.3 is 14.8 Å². The summed E-state index contributed by atoms with van der Waals surface area (Å²) in [5, 5.41) is 18.6. The molecule has 0 aromatic carbocycles. The van der Waals surface area contributed by atoms with Crippen LogP contribution in [0.15, 0.2) is 23.3 Å². The number of ether oxygens (including phenoxy) is 1. The molecule has 0 fully saturated rings. The molecule has 4 heterocycles. The Bertz CT molecular complexity index is 926. The fourth-order valence-electron chi connectivity index (χ4n) is 3.05. The van der Waals surface area contributed by atoms with E-state index in [1.807, 2.05) is 19.9 Å². The SMILES string of the molecule is CC(C)[C@@]1(O)COCc2c1[nH]c(=O)c1sc(-c3cn[nH]c3)cc21. The molecular weight excluding hydrogens is 314 g/mol. The monoisotopic (exact) mass is 331 g/mol. The standard InChI is InChI=1S/C16H17N3O3S/c1-8(2)16(21)7-22-6-11-10-3-12(9-4-17-18-5-9)23-13(10)15(20)19-14(11)16/h3-5,8,21H,6-7H2,1-2H3,(H,17,18)(H,19,20)/t16-/m0/s1. The number of pyridine rings is 1. The number of hydrogen-bond donors (Lipinski definition) is 3. The minimum absolute atomic E-state index is 0.0679. The largest absolute Gasteiger partial charge is 0.381 e. The summed E-state index contributed by atoms with van der Waals surface area (Å²) in [6, 6.07) is 1.98. The molecule has 7 heteroatoms. The molecule has 120 valence electrons. The fourth-order valence-corrected chi connectivity index (χ4v) is 4.11. The normalized spacial score (nSPS) is 21.0. The van der Waals surface area contributed by atoms with Gasteiger partial charge in [-0.1, -0.05) is 13.8 Å². The summed E-state index contributed by atoms with van der Waals surface area (Å²) in [5.74, 6) is -0.0679. The number of nitrogens with zero attached hydrogens (tertiary/aromatic N) is 1. The third-order valence-corrected chi connectivity index (χ3v) is 5.73.